The number of nitrogens with one attached hydrogen (secondary N) is 1. The fourth-order valence-corrected chi connectivity index (χ4v) is 2.62. The maximum atomic E-state index is 12.6. The zero-order valence-electron chi connectivity index (χ0n) is 13.6. The molecule has 1 N–H and O–H groups in total. The van der Waals surface area contributed by atoms with Crippen molar-refractivity contribution < 1.29 is 9.59 Å². The summed E-state index contributed by atoms with van der Waals surface area (Å²) >= 11 is 0. The van der Waals surface area contributed by atoms with Crippen LogP contribution in [-0.2, 0) is 16.0 Å². The Labute approximate surface area is 140 Å². The second-order valence-electron chi connectivity index (χ2n) is 5.57. The van der Waals surface area contributed by atoms with Crippen molar-refractivity contribution in [1.29, 1.82) is 0 Å². The SMILES string of the molecule is CCc1cccc(NC(=O)C2C(=O)N(c3ccncc3)N=C2C)c1. The van der Waals surface area contributed by atoms with Gasteiger partial charge in [-0.3, -0.25) is 14.6 Å². The first-order valence-corrected chi connectivity index (χ1v) is 7.79. The molecular weight excluding hydrogens is 304 g/mol. The van der Waals surface area contributed by atoms with E-state index in [0.29, 0.717) is 17.1 Å². The van der Waals surface area contributed by atoms with Gasteiger partial charge in [0.1, 0.15) is 0 Å². The van der Waals surface area contributed by atoms with Crippen LogP contribution in [0.4, 0.5) is 11.4 Å². The molecule has 0 saturated carbocycles. The van der Waals surface area contributed by atoms with Crippen LogP contribution in [0.3, 0.4) is 0 Å². The van der Waals surface area contributed by atoms with Crippen LogP contribution in [0.1, 0.15) is 19.4 Å². The normalized spacial score (nSPS) is 16.9. The molecule has 2 heterocycles. The van der Waals surface area contributed by atoms with E-state index in [1.165, 1.54) is 5.01 Å². The van der Waals surface area contributed by atoms with E-state index in [4.69, 9.17) is 0 Å². The number of pyridine rings is 1. The van der Waals surface area contributed by atoms with Crippen LogP contribution >= 0.6 is 0 Å². The molecule has 0 aliphatic carbocycles. The third-order valence-corrected chi connectivity index (χ3v) is 3.90. The molecule has 1 atom stereocenters. The molecule has 0 radical (unpaired) electrons. The Morgan fingerprint density at radius 3 is 2.71 bits per heavy atom. The lowest BCUT2D eigenvalue weighted by Crippen LogP contribution is -2.36. The van der Waals surface area contributed by atoms with Crippen LogP contribution < -0.4 is 10.3 Å². The molecule has 1 aliphatic rings. The summed E-state index contributed by atoms with van der Waals surface area (Å²) in [5, 5.41) is 8.29. The van der Waals surface area contributed by atoms with Crippen molar-refractivity contribution in [2.45, 2.75) is 20.3 Å². The summed E-state index contributed by atoms with van der Waals surface area (Å²) in [5.74, 6) is -1.64. The molecule has 6 heteroatoms. The molecule has 1 aromatic carbocycles. The second kappa shape index (κ2) is 6.62. The van der Waals surface area contributed by atoms with Gasteiger partial charge < -0.3 is 5.32 Å². The summed E-state index contributed by atoms with van der Waals surface area (Å²) in [6.45, 7) is 3.73. The van der Waals surface area contributed by atoms with Gasteiger partial charge in [0.05, 0.1) is 11.4 Å². The molecule has 3 rings (SSSR count). The first-order valence-electron chi connectivity index (χ1n) is 7.79. The molecule has 2 amide bonds. The standard InChI is InChI=1S/C18H18N4O2/c1-3-13-5-4-6-14(11-13)20-17(23)16-12(2)21-22(18(16)24)15-7-9-19-10-8-15/h4-11,16H,3H2,1-2H3,(H,20,23). The first kappa shape index (κ1) is 15.9. The lowest BCUT2D eigenvalue weighted by Gasteiger charge is -2.14. The van der Waals surface area contributed by atoms with Gasteiger partial charge in [0.2, 0.25) is 5.91 Å². The van der Waals surface area contributed by atoms with E-state index in [-0.39, 0.29) is 11.8 Å². The summed E-state index contributed by atoms with van der Waals surface area (Å²) in [6.07, 6.45) is 4.04. The van der Waals surface area contributed by atoms with Gasteiger partial charge in [-0.2, -0.15) is 10.1 Å². The Morgan fingerprint density at radius 1 is 1.25 bits per heavy atom. The predicted octanol–water partition coefficient (Wildman–Crippen LogP) is 2.62. The topological polar surface area (TPSA) is 74.7 Å². The van der Waals surface area contributed by atoms with Gasteiger partial charge in [0.25, 0.3) is 5.91 Å². The minimum absolute atomic E-state index is 0.358. The molecule has 0 bridgehead atoms. The zero-order chi connectivity index (χ0) is 17.1. The van der Waals surface area contributed by atoms with E-state index in [0.717, 1.165) is 12.0 Å². The van der Waals surface area contributed by atoms with Crippen molar-refractivity contribution in [3.63, 3.8) is 0 Å². The highest BCUT2D eigenvalue weighted by atomic mass is 16.2. The molecule has 0 fully saturated rings. The second-order valence-corrected chi connectivity index (χ2v) is 5.57. The average molecular weight is 322 g/mol. The smallest absolute Gasteiger partial charge is 0.265 e. The quantitative estimate of drug-likeness (QED) is 0.879. The molecule has 6 nitrogen and oxygen atoms in total. The number of hydrogen-bond acceptors (Lipinski definition) is 4. The Balaban J connectivity index is 1.78. The predicted molar refractivity (Wildman–Crippen MR) is 92.8 cm³/mol. The molecular formula is C18H18N4O2. The summed E-state index contributed by atoms with van der Waals surface area (Å²) < 4.78 is 0. The Morgan fingerprint density at radius 2 is 2.00 bits per heavy atom. The lowest BCUT2D eigenvalue weighted by molar-refractivity contribution is -0.127. The summed E-state index contributed by atoms with van der Waals surface area (Å²) in [6, 6.07) is 11.0. The summed E-state index contributed by atoms with van der Waals surface area (Å²) in [7, 11) is 0. The highest BCUT2D eigenvalue weighted by molar-refractivity contribution is 6.28. The van der Waals surface area contributed by atoms with E-state index in [9.17, 15) is 9.59 Å². The number of rotatable bonds is 4. The highest BCUT2D eigenvalue weighted by Crippen LogP contribution is 2.24. The Hall–Kier alpha value is -3.02. The van der Waals surface area contributed by atoms with Gasteiger partial charge in [0, 0.05) is 18.1 Å². The number of nitrogens with zero attached hydrogens (tertiary/aromatic N) is 3. The third kappa shape index (κ3) is 3.03. The van der Waals surface area contributed by atoms with Crippen LogP contribution in [0, 0.1) is 5.92 Å². The summed E-state index contributed by atoms with van der Waals surface area (Å²) in [5.41, 5.74) is 2.87. The number of hydrazone groups is 1. The Bertz CT molecular complexity index is 802. The number of amides is 2. The van der Waals surface area contributed by atoms with E-state index in [2.05, 4.69) is 15.4 Å². The van der Waals surface area contributed by atoms with Gasteiger partial charge in [-0.15, -0.1) is 0 Å². The molecule has 1 aliphatic heterocycles. The monoisotopic (exact) mass is 322 g/mol. The minimum Gasteiger partial charge on any atom is -0.325 e. The largest absolute Gasteiger partial charge is 0.325 e. The lowest BCUT2D eigenvalue weighted by atomic mass is 10.0. The molecule has 1 aromatic heterocycles. The van der Waals surface area contributed by atoms with Crippen LogP contribution in [0.2, 0.25) is 0 Å². The average Bonchev–Trinajstić information content (AvgIpc) is 2.90. The molecule has 1 unspecified atom stereocenters. The van der Waals surface area contributed by atoms with Crippen LogP contribution in [-0.4, -0.2) is 22.5 Å². The molecule has 122 valence electrons. The van der Waals surface area contributed by atoms with Gasteiger partial charge in [-0.05, 0) is 43.2 Å². The fraction of sp³-hybridized carbons (Fsp3) is 0.222. The molecule has 2 aromatic rings. The van der Waals surface area contributed by atoms with E-state index < -0.39 is 5.92 Å². The maximum absolute atomic E-state index is 12.6. The number of hydrogen-bond donors (Lipinski definition) is 1. The number of anilines is 2. The fourth-order valence-electron chi connectivity index (χ4n) is 2.62. The third-order valence-electron chi connectivity index (χ3n) is 3.90. The van der Waals surface area contributed by atoms with Crippen molar-refractivity contribution in [1.82, 2.24) is 4.98 Å². The van der Waals surface area contributed by atoms with Gasteiger partial charge in [0.15, 0.2) is 5.92 Å². The number of benzene rings is 1. The van der Waals surface area contributed by atoms with Crippen molar-refractivity contribution >= 4 is 28.9 Å². The minimum atomic E-state index is -0.913. The zero-order valence-corrected chi connectivity index (χ0v) is 13.6. The van der Waals surface area contributed by atoms with E-state index >= 15 is 0 Å². The van der Waals surface area contributed by atoms with Crippen molar-refractivity contribution in [2.75, 3.05) is 10.3 Å². The number of carbonyl (C=O) groups excluding carboxylic acids is 2. The molecule has 0 spiro atoms. The highest BCUT2D eigenvalue weighted by Gasteiger charge is 2.39. The van der Waals surface area contributed by atoms with Crippen molar-refractivity contribution in [2.24, 2.45) is 11.0 Å². The number of aryl methyl sites for hydroxylation is 1. The number of carbonyl (C=O) groups is 2. The molecule has 24 heavy (non-hydrogen) atoms. The van der Waals surface area contributed by atoms with Crippen molar-refractivity contribution in [3.05, 3.63) is 54.4 Å². The number of aromatic nitrogens is 1. The van der Waals surface area contributed by atoms with Crippen LogP contribution in [0.25, 0.3) is 0 Å². The van der Waals surface area contributed by atoms with Gasteiger partial charge in [-0.1, -0.05) is 19.1 Å². The maximum Gasteiger partial charge on any atom is 0.265 e. The van der Waals surface area contributed by atoms with Crippen molar-refractivity contribution in [3.8, 4) is 0 Å². The van der Waals surface area contributed by atoms with Gasteiger partial charge >= 0.3 is 0 Å². The first-order chi connectivity index (χ1) is 11.6. The van der Waals surface area contributed by atoms with Crippen LogP contribution in [0.5, 0.6) is 0 Å². The van der Waals surface area contributed by atoms with Crippen LogP contribution in [0.15, 0.2) is 53.9 Å². The van der Waals surface area contributed by atoms with E-state index in [1.54, 1.807) is 31.5 Å². The summed E-state index contributed by atoms with van der Waals surface area (Å²) in [4.78, 5) is 29.1. The van der Waals surface area contributed by atoms with Gasteiger partial charge in [-0.25, -0.2) is 0 Å². The molecule has 0 saturated heterocycles. The Kier molecular flexibility index (Phi) is 4.37. The van der Waals surface area contributed by atoms with E-state index in [1.807, 2.05) is 31.2 Å².